The molecule has 1 saturated heterocycles. The third-order valence-electron chi connectivity index (χ3n) is 6.99. The summed E-state index contributed by atoms with van der Waals surface area (Å²) in [6.07, 6.45) is 1.79. The zero-order valence-electron chi connectivity index (χ0n) is 23.6. The number of aryl methyl sites for hydroxylation is 1. The highest BCUT2D eigenvalue weighted by atomic mass is 32.1. The van der Waals surface area contributed by atoms with Crippen molar-refractivity contribution in [3.8, 4) is 17.0 Å². The summed E-state index contributed by atoms with van der Waals surface area (Å²) in [6.45, 7) is 10.5. The van der Waals surface area contributed by atoms with Gasteiger partial charge in [0.1, 0.15) is 17.4 Å². The van der Waals surface area contributed by atoms with E-state index >= 15 is 0 Å². The highest BCUT2D eigenvalue weighted by molar-refractivity contribution is 7.16. The number of benzene rings is 2. The molecule has 1 aliphatic rings. The fraction of sp³-hybridized carbons (Fsp3) is 0.419. The lowest BCUT2D eigenvalue weighted by Gasteiger charge is -2.32. The van der Waals surface area contributed by atoms with Gasteiger partial charge in [-0.1, -0.05) is 32.0 Å². The molecule has 0 saturated carbocycles. The number of nitrogens with zero attached hydrogens (tertiary/aromatic N) is 4. The molecule has 3 heterocycles. The van der Waals surface area contributed by atoms with Crippen LogP contribution in [0.25, 0.3) is 21.5 Å². The fourth-order valence-electron chi connectivity index (χ4n) is 4.89. The normalized spacial score (nSPS) is 16.2. The molecule has 40 heavy (non-hydrogen) atoms. The highest BCUT2D eigenvalue weighted by Crippen LogP contribution is 2.28. The van der Waals surface area contributed by atoms with Crippen molar-refractivity contribution in [2.24, 2.45) is 11.8 Å². The second kappa shape index (κ2) is 12.6. The molecule has 2 unspecified atom stereocenters. The molecule has 2 aromatic heterocycles. The molecule has 0 spiro atoms. The topological polar surface area (TPSA) is 89.5 Å². The van der Waals surface area contributed by atoms with E-state index in [4.69, 9.17) is 9.47 Å². The van der Waals surface area contributed by atoms with Gasteiger partial charge in [-0.3, -0.25) is 0 Å². The molecule has 1 amide bonds. The number of amides is 1. The Morgan fingerprint density at radius 3 is 2.88 bits per heavy atom. The lowest BCUT2D eigenvalue weighted by molar-refractivity contribution is 0.0684. The Hall–Kier alpha value is -3.72. The van der Waals surface area contributed by atoms with Crippen molar-refractivity contribution in [1.29, 1.82) is 0 Å². The summed E-state index contributed by atoms with van der Waals surface area (Å²) in [5.74, 6) is 2.92. The summed E-state index contributed by atoms with van der Waals surface area (Å²) < 4.78 is 12.8. The van der Waals surface area contributed by atoms with E-state index in [0.29, 0.717) is 31.5 Å². The zero-order chi connectivity index (χ0) is 28.1. The Bertz CT molecular complexity index is 1460. The molecule has 2 aromatic carbocycles. The standard InChI is InChI=1S/C31H37N5O3S/c1-20(2)17-39-31(37)36-12-6-7-23(16-36)18-38-26-9-5-8-24(13-26)21(3)33-30-15-28(34-22(4)35-30)25-10-11-27-29(14-25)40-19-32-27/h5,8-11,13-15,19-21,23H,6-7,12,16-18H2,1-4H3,(H,33,34,35). The number of piperidine rings is 1. The first-order valence-electron chi connectivity index (χ1n) is 13.9. The van der Waals surface area contributed by atoms with Gasteiger partial charge in [0.25, 0.3) is 0 Å². The predicted octanol–water partition coefficient (Wildman–Crippen LogP) is 7.12. The van der Waals surface area contributed by atoms with Gasteiger partial charge in [-0.05, 0) is 62.4 Å². The van der Waals surface area contributed by atoms with Gasteiger partial charge in [0, 0.05) is 30.6 Å². The van der Waals surface area contributed by atoms with Gasteiger partial charge >= 0.3 is 6.09 Å². The molecule has 210 valence electrons. The Morgan fingerprint density at radius 2 is 2.02 bits per heavy atom. The highest BCUT2D eigenvalue weighted by Gasteiger charge is 2.25. The Morgan fingerprint density at radius 1 is 1.15 bits per heavy atom. The molecule has 1 aliphatic heterocycles. The van der Waals surface area contributed by atoms with E-state index in [0.717, 1.165) is 58.0 Å². The van der Waals surface area contributed by atoms with Crippen molar-refractivity contribution >= 4 is 33.5 Å². The number of thiazole rings is 1. The molecule has 8 nitrogen and oxygen atoms in total. The molecule has 0 aliphatic carbocycles. The van der Waals surface area contributed by atoms with Gasteiger partial charge in [-0.25, -0.2) is 19.7 Å². The first-order valence-corrected chi connectivity index (χ1v) is 14.8. The molecular weight excluding hydrogens is 522 g/mol. The molecule has 5 rings (SSSR count). The molecule has 4 aromatic rings. The van der Waals surface area contributed by atoms with Crippen molar-refractivity contribution in [3.63, 3.8) is 0 Å². The van der Waals surface area contributed by atoms with E-state index in [9.17, 15) is 4.79 Å². The maximum absolute atomic E-state index is 12.4. The minimum atomic E-state index is -0.215. The third-order valence-corrected chi connectivity index (χ3v) is 7.78. The van der Waals surface area contributed by atoms with E-state index in [2.05, 4.69) is 51.5 Å². The number of hydrogen-bond acceptors (Lipinski definition) is 8. The van der Waals surface area contributed by atoms with E-state index in [-0.39, 0.29) is 18.1 Å². The second-order valence-corrected chi connectivity index (χ2v) is 11.8. The van der Waals surface area contributed by atoms with Crippen LogP contribution in [0.5, 0.6) is 5.75 Å². The molecule has 0 radical (unpaired) electrons. The molecular formula is C31H37N5O3S. The maximum Gasteiger partial charge on any atom is 0.409 e. The number of anilines is 1. The van der Waals surface area contributed by atoms with E-state index in [1.54, 1.807) is 11.3 Å². The van der Waals surface area contributed by atoms with E-state index in [1.807, 2.05) is 55.4 Å². The second-order valence-electron chi connectivity index (χ2n) is 10.9. The van der Waals surface area contributed by atoms with Crippen LogP contribution in [0.15, 0.2) is 54.0 Å². The molecule has 9 heteroatoms. The van der Waals surface area contributed by atoms with Gasteiger partial charge in [0.15, 0.2) is 0 Å². The van der Waals surface area contributed by atoms with Crippen molar-refractivity contribution in [1.82, 2.24) is 19.9 Å². The number of rotatable bonds is 9. The summed E-state index contributed by atoms with van der Waals surface area (Å²) >= 11 is 1.63. The van der Waals surface area contributed by atoms with Crippen molar-refractivity contribution in [2.75, 3.05) is 31.6 Å². The van der Waals surface area contributed by atoms with Gasteiger partial charge in [-0.15, -0.1) is 11.3 Å². The summed E-state index contributed by atoms with van der Waals surface area (Å²) in [4.78, 5) is 27.9. The maximum atomic E-state index is 12.4. The minimum absolute atomic E-state index is 0.00979. The van der Waals surface area contributed by atoms with Crippen LogP contribution in [0, 0.1) is 18.8 Å². The number of likely N-dealkylation sites (tertiary alicyclic amines) is 1. The summed E-state index contributed by atoms with van der Waals surface area (Å²) in [5.41, 5.74) is 5.88. The lowest BCUT2D eigenvalue weighted by atomic mass is 9.99. The summed E-state index contributed by atoms with van der Waals surface area (Å²) in [5, 5.41) is 3.54. The van der Waals surface area contributed by atoms with Gasteiger partial charge in [-0.2, -0.15) is 0 Å². The van der Waals surface area contributed by atoms with Crippen molar-refractivity contribution in [3.05, 3.63) is 65.4 Å². The van der Waals surface area contributed by atoms with E-state index in [1.165, 1.54) is 0 Å². The van der Waals surface area contributed by atoms with Crippen LogP contribution in [0.3, 0.4) is 0 Å². The molecule has 2 atom stereocenters. The number of fused-ring (bicyclic) bond motifs is 1. The number of hydrogen-bond donors (Lipinski definition) is 1. The average molecular weight is 560 g/mol. The number of carbonyl (C=O) groups is 1. The first-order chi connectivity index (χ1) is 19.3. The first kappa shape index (κ1) is 27.8. The Labute approximate surface area is 239 Å². The zero-order valence-corrected chi connectivity index (χ0v) is 24.4. The SMILES string of the molecule is Cc1nc(NC(C)c2cccc(OCC3CCCN(C(=O)OCC(C)C)C3)c2)cc(-c2ccc3ncsc3c2)n1. The van der Waals surface area contributed by atoms with Crippen LogP contribution in [-0.2, 0) is 4.74 Å². The lowest BCUT2D eigenvalue weighted by Crippen LogP contribution is -2.42. The van der Waals surface area contributed by atoms with Gasteiger partial charge < -0.3 is 19.7 Å². The molecule has 0 bridgehead atoms. The van der Waals surface area contributed by atoms with Crippen LogP contribution in [-0.4, -0.2) is 52.2 Å². The third kappa shape index (κ3) is 7.07. The smallest absolute Gasteiger partial charge is 0.409 e. The van der Waals surface area contributed by atoms with Crippen LogP contribution in [0.1, 0.15) is 51.0 Å². The monoisotopic (exact) mass is 559 g/mol. The Kier molecular flexibility index (Phi) is 8.79. The van der Waals surface area contributed by atoms with Crippen molar-refractivity contribution in [2.45, 2.75) is 46.6 Å². The summed E-state index contributed by atoms with van der Waals surface area (Å²) in [6, 6.07) is 16.4. The Balaban J connectivity index is 1.20. The molecule has 1 fully saturated rings. The number of ether oxygens (including phenoxy) is 2. The van der Waals surface area contributed by atoms with Gasteiger partial charge in [0.05, 0.1) is 40.7 Å². The number of carbonyl (C=O) groups excluding carboxylic acids is 1. The van der Waals surface area contributed by atoms with Crippen molar-refractivity contribution < 1.29 is 14.3 Å². The van der Waals surface area contributed by atoms with Gasteiger partial charge in [0.2, 0.25) is 0 Å². The van der Waals surface area contributed by atoms with Crippen LogP contribution >= 0.6 is 11.3 Å². The van der Waals surface area contributed by atoms with Crippen LogP contribution in [0.4, 0.5) is 10.6 Å². The quantitative estimate of drug-likeness (QED) is 0.234. The number of aromatic nitrogens is 3. The predicted molar refractivity (Wildman–Crippen MR) is 160 cm³/mol. The molecule has 1 N–H and O–H groups in total. The minimum Gasteiger partial charge on any atom is -0.493 e. The average Bonchev–Trinajstić information content (AvgIpc) is 3.43. The largest absolute Gasteiger partial charge is 0.493 e. The van der Waals surface area contributed by atoms with E-state index < -0.39 is 0 Å². The van der Waals surface area contributed by atoms with Crippen LogP contribution < -0.4 is 10.1 Å². The summed E-state index contributed by atoms with van der Waals surface area (Å²) in [7, 11) is 0. The fourth-order valence-corrected chi connectivity index (χ4v) is 5.61. The number of nitrogens with one attached hydrogen (secondary N) is 1. The van der Waals surface area contributed by atoms with Crippen LogP contribution in [0.2, 0.25) is 0 Å².